The minimum Gasteiger partial charge on any atom is -0.494 e. The second-order valence-electron chi connectivity index (χ2n) is 7.93. The van der Waals surface area contributed by atoms with E-state index in [-0.39, 0.29) is 24.4 Å². The number of amidine groups is 1. The van der Waals surface area contributed by atoms with Crippen LogP contribution in [-0.2, 0) is 0 Å². The predicted molar refractivity (Wildman–Crippen MR) is 132 cm³/mol. The molecule has 9 nitrogen and oxygen atoms in total. The summed E-state index contributed by atoms with van der Waals surface area (Å²) in [6.07, 6.45) is -1.26. The average molecular weight is 506 g/mol. The molecule has 1 saturated carbocycles. The molecule has 0 amide bonds. The molecule has 0 bridgehead atoms. The number of nitrogens with zero attached hydrogens (tertiary/aromatic N) is 3. The van der Waals surface area contributed by atoms with Gasteiger partial charge in [0.05, 0.1) is 23.9 Å². The van der Waals surface area contributed by atoms with Gasteiger partial charge in [0.1, 0.15) is 5.75 Å². The Labute approximate surface area is 206 Å². The van der Waals surface area contributed by atoms with E-state index >= 15 is 0 Å². The summed E-state index contributed by atoms with van der Waals surface area (Å²) < 4.78 is 44.0. The standard InChI is InChI=1S/C22H24F3N7O2.C2H6/c23-22(24,25)9-1-11-34-15-6-2-13(3-7-15)18-12-16(17-8-10-32(30-17)14-4-5-14)19(21(33)28-18)20(26)29-31-27;1-2/h2-3,6-8,10,12,14,31H,1,4-5,9,11,27H2,(H2,26,29)(H,28,33);1-2H3. The van der Waals surface area contributed by atoms with Crippen molar-refractivity contribution in [3.8, 4) is 28.3 Å². The fourth-order valence-corrected chi connectivity index (χ4v) is 3.51. The van der Waals surface area contributed by atoms with Gasteiger partial charge in [-0.05, 0) is 61.2 Å². The lowest BCUT2D eigenvalue weighted by Crippen LogP contribution is -2.30. The fourth-order valence-electron chi connectivity index (χ4n) is 3.51. The molecular formula is C24H30F3N7O2. The van der Waals surface area contributed by atoms with Crippen LogP contribution in [0.1, 0.15) is 51.1 Å². The van der Waals surface area contributed by atoms with Gasteiger partial charge in [-0.2, -0.15) is 18.3 Å². The summed E-state index contributed by atoms with van der Waals surface area (Å²) >= 11 is 0. The van der Waals surface area contributed by atoms with Crippen LogP contribution in [0.2, 0.25) is 0 Å². The van der Waals surface area contributed by atoms with Crippen molar-refractivity contribution in [3.05, 3.63) is 58.5 Å². The summed E-state index contributed by atoms with van der Waals surface area (Å²) in [6.45, 7) is 3.95. The van der Waals surface area contributed by atoms with Crippen molar-refractivity contribution in [2.45, 2.75) is 51.7 Å². The lowest BCUT2D eigenvalue weighted by molar-refractivity contribution is -0.136. The predicted octanol–water partition coefficient (Wildman–Crippen LogP) is 4.07. The number of benzene rings is 1. The SMILES string of the molecule is CC.NN/N=C(\N)c1c(-c2ccn(C3CC3)n2)cc(-c2ccc(OCCCC(F)(F)F)cc2)[nH]c1=O. The summed E-state index contributed by atoms with van der Waals surface area (Å²) in [4.78, 5) is 15.7. The number of aromatic amines is 1. The first-order valence-corrected chi connectivity index (χ1v) is 11.7. The maximum atomic E-state index is 13.0. The Morgan fingerprint density at radius 3 is 2.56 bits per heavy atom. The van der Waals surface area contributed by atoms with Gasteiger partial charge in [0.25, 0.3) is 5.56 Å². The first kappa shape index (κ1) is 26.8. The quantitative estimate of drug-likeness (QED) is 0.114. The second-order valence-corrected chi connectivity index (χ2v) is 7.93. The van der Waals surface area contributed by atoms with Crippen LogP contribution in [0.25, 0.3) is 22.5 Å². The van der Waals surface area contributed by atoms with E-state index in [2.05, 4.69) is 20.7 Å². The van der Waals surface area contributed by atoms with E-state index in [1.807, 2.05) is 24.7 Å². The van der Waals surface area contributed by atoms with Gasteiger partial charge < -0.3 is 15.5 Å². The molecular weight excluding hydrogens is 475 g/mol. The zero-order valence-electron chi connectivity index (χ0n) is 20.1. The Morgan fingerprint density at radius 1 is 1.25 bits per heavy atom. The number of hydrogen-bond donors (Lipinski definition) is 4. The summed E-state index contributed by atoms with van der Waals surface area (Å²) in [5, 5.41) is 8.34. The number of hydrazone groups is 1. The molecule has 0 spiro atoms. The van der Waals surface area contributed by atoms with E-state index in [1.54, 1.807) is 36.4 Å². The molecule has 0 radical (unpaired) electrons. The number of nitrogens with one attached hydrogen (secondary N) is 2. The highest BCUT2D eigenvalue weighted by Crippen LogP contribution is 2.35. The average Bonchev–Trinajstić information content (AvgIpc) is 3.59. The van der Waals surface area contributed by atoms with Crippen molar-refractivity contribution in [3.63, 3.8) is 0 Å². The Kier molecular flexibility index (Phi) is 8.75. The molecule has 2 heterocycles. The van der Waals surface area contributed by atoms with Crippen molar-refractivity contribution < 1.29 is 17.9 Å². The third-order valence-corrected chi connectivity index (χ3v) is 5.32. The van der Waals surface area contributed by atoms with Gasteiger partial charge in [-0.3, -0.25) is 9.48 Å². The number of hydrazine groups is 1. The molecule has 1 fully saturated rings. The molecule has 0 unspecified atom stereocenters. The highest BCUT2D eigenvalue weighted by atomic mass is 19.4. The minimum absolute atomic E-state index is 0.0496. The normalized spacial score (nSPS) is 13.7. The zero-order valence-corrected chi connectivity index (χ0v) is 20.1. The maximum Gasteiger partial charge on any atom is 0.389 e. The van der Waals surface area contributed by atoms with Crippen molar-refractivity contribution >= 4 is 5.84 Å². The zero-order chi connectivity index (χ0) is 26.3. The summed E-state index contributed by atoms with van der Waals surface area (Å²) in [7, 11) is 0. The van der Waals surface area contributed by atoms with Crippen LogP contribution in [0.5, 0.6) is 5.75 Å². The number of halogens is 3. The highest BCUT2D eigenvalue weighted by molar-refractivity contribution is 6.03. The maximum absolute atomic E-state index is 13.0. The Hall–Kier alpha value is -3.80. The van der Waals surface area contributed by atoms with Gasteiger partial charge in [-0.1, -0.05) is 13.8 Å². The number of nitrogens with two attached hydrogens (primary N) is 2. The third-order valence-electron chi connectivity index (χ3n) is 5.32. The number of rotatable bonds is 9. The van der Waals surface area contributed by atoms with Gasteiger partial charge >= 0.3 is 6.18 Å². The van der Waals surface area contributed by atoms with Crippen LogP contribution >= 0.6 is 0 Å². The van der Waals surface area contributed by atoms with E-state index in [0.29, 0.717) is 34.3 Å². The molecule has 194 valence electrons. The molecule has 1 aliphatic rings. The molecule has 3 aromatic rings. The van der Waals surface area contributed by atoms with Crippen molar-refractivity contribution in [1.82, 2.24) is 20.3 Å². The summed E-state index contributed by atoms with van der Waals surface area (Å²) in [5.41, 5.74) is 9.96. The molecule has 0 aliphatic heterocycles. The monoisotopic (exact) mass is 505 g/mol. The van der Waals surface area contributed by atoms with Crippen molar-refractivity contribution in [1.29, 1.82) is 0 Å². The molecule has 0 saturated heterocycles. The van der Waals surface area contributed by atoms with E-state index < -0.39 is 18.2 Å². The first-order valence-electron chi connectivity index (χ1n) is 11.7. The largest absolute Gasteiger partial charge is 0.494 e. The van der Waals surface area contributed by atoms with E-state index in [4.69, 9.17) is 16.3 Å². The van der Waals surface area contributed by atoms with Crippen LogP contribution in [0.15, 0.2) is 52.5 Å². The van der Waals surface area contributed by atoms with Crippen LogP contribution in [0, 0.1) is 0 Å². The van der Waals surface area contributed by atoms with E-state index in [1.165, 1.54) is 0 Å². The molecule has 12 heteroatoms. The molecule has 0 atom stereocenters. The lowest BCUT2D eigenvalue weighted by Gasteiger charge is -2.11. The number of aromatic nitrogens is 3. The topological polar surface area (TPSA) is 136 Å². The number of H-pyrrole nitrogens is 1. The van der Waals surface area contributed by atoms with E-state index in [0.717, 1.165) is 12.8 Å². The number of pyridine rings is 1. The Morgan fingerprint density at radius 2 is 1.94 bits per heavy atom. The number of alkyl halides is 3. The Balaban J connectivity index is 0.00000176. The highest BCUT2D eigenvalue weighted by Gasteiger charge is 2.26. The summed E-state index contributed by atoms with van der Waals surface area (Å²) in [6, 6.07) is 10.6. The van der Waals surface area contributed by atoms with Crippen LogP contribution in [0.4, 0.5) is 13.2 Å². The van der Waals surface area contributed by atoms with Crippen molar-refractivity contribution in [2.75, 3.05) is 6.61 Å². The third kappa shape index (κ3) is 6.87. The first-order chi connectivity index (χ1) is 17.2. The molecule has 6 N–H and O–H groups in total. The van der Waals surface area contributed by atoms with Crippen molar-refractivity contribution in [2.24, 2.45) is 16.7 Å². The van der Waals surface area contributed by atoms with Gasteiger partial charge in [-0.25, -0.2) is 11.4 Å². The number of hydrogen-bond acceptors (Lipinski definition) is 6. The molecule has 1 aliphatic carbocycles. The summed E-state index contributed by atoms with van der Waals surface area (Å²) in [5.74, 6) is 5.58. The number of ether oxygens (including phenoxy) is 1. The van der Waals surface area contributed by atoms with Crippen LogP contribution in [0.3, 0.4) is 0 Å². The molecule has 1 aromatic carbocycles. The van der Waals surface area contributed by atoms with E-state index in [9.17, 15) is 18.0 Å². The molecule has 4 rings (SSSR count). The van der Waals surface area contributed by atoms with Gasteiger partial charge in [0.15, 0.2) is 5.84 Å². The van der Waals surface area contributed by atoms with Crippen LogP contribution in [-0.4, -0.2) is 33.4 Å². The minimum atomic E-state index is -4.20. The lowest BCUT2D eigenvalue weighted by atomic mass is 10.0. The fraction of sp³-hybridized carbons (Fsp3) is 0.375. The van der Waals surface area contributed by atoms with Gasteiger partial charge in [-0.15, -0.1) is 5.10 Å². The van der Waals surface area contributed by atoms with Gasteiger partial charge in [0, 0.05) is 23.9 Å². The molecule has 36 heavy (non-hydrogen) atoms. The second kappa shape index (κ2) is 11.8. The smallest absolute Gasteiger partial charge is 0.389 e. The van der Waals surface area contributed by atoms with Crippen LogP contribution < -0.4 is 27.4 Å². The Bertz CT molecular complexity index is 1230. The van der Waals surface area contributed by atoms with Gasteiger partial charge in [0.2, 0.25) is 0 Å². The molecule has 2 aromatic heterocycles.